The minimum Gasteiger partial charge on any atom is -0.407 e. The Hall–Kier alpha value is -1.10. The van der Waals surface area contributed by atoms with Crippen LogP contribution in [-0.4, -0.2) is 22.3 Å². The Balaban J connectivity index is 1.74. The molecule has 0 radical (unpaired) electrons. The van der Waals surface area contributed by atoms with E-state index in [0.717, 1.165) is 12.5 Å². The Morgan fingerprint density at radius 2 is 2.06 bits per heavy atom. The van der Waals surface area contributed by atoms with Gasteiger partial charge in [-0.05, 0) is 39.5 Å². The van der Waals surface area contributed by atoms with Gasteiger partial charge in [-0.2, -0.15) is 0 Å². The molecule has 0 spiro atoms. The number of hydrogen-bond donors (Lipinski definition) is 2. The van der Waals surface area contributed by atoms with Crippen LogP contribution in [0, 0.1) is 5.92 Å². The second-order valence-corrected chi connectivity index (χ2v) is 5.78. The van der Waals surface area contributed by atoms with Gasteiger partial charge in [0.2, 0.25) is 5.89 Å². The first-order valence-electron chi connectivity index (χ1n) is 6.34. The Bertz CT molecular complexity index is 352. The van der Waals surface area contributed by atoms with E-state index in [-0.39, 0.29) is 5.54 Å². The van der Waals surface area contributed by atoms with Crippen LogP contribution < -0.4 is 10.6 Å². The summed E-state index contributed by atoms with van der Waals surface area (Å²) in [5.74, 6) is 1.43. The van der Waals surface area contributed by atoms with Crippen LogP contribution in [0.4, 0.5) is 6.01 Å². The highest BCUT2D eigenvalue weighted by Crippen LogP contribution is 2.26. The molecule has 1 aliphatic carbocycles. The van der Waals surface area contributed by atoms with Gasteiger partial charge in [0.1, 0.15) is 0 Å². The second-order valence-electron chi connectivity index (χ2n) is 5.78. The SMILES string of the molecule is CC(C)(C)NCc1nnc(NCC2CCC2)o1. The van der Waals surface area contributed by atoms with E-state index in [0.29, 0.717) is 18.5 Å². The molecule has 1 heterocycles. The van der Waals surface area contributed by atoms with Gasteiger partial charge in [-0.1, -0.05) is 11.5 Å². The monoisotopic (exact) mass is 238 g/mol. The van der Waals surface area contributed by atoms with Gasteiger partial charge in [-0.15, -0.1) is 5.10 Å². The van der Waals surface area contributed by atoms with Crippen molar-refractivity contribution in [3.05, 3.63) is 5.89 Å². The largest absolute Gasteiger partial charge is 0.407 e. The Morgan fingerprint density at radius 1 is 1.29 bits per heavy atom. The fourth-order valence-corrected chi connectivity index (χ4v) is 1.67. The van der Waals surface area contributed by atoms with Gasteiger partial charge < -0.3 is 15.1 Å². The minimum atomic E-state index is 0.0635. The zero-order valence-electron chi connectivity index (χ0n) is 10.9. The zero-order valence-corrected chi connectivity index (χ0v) is 10.9. The van der Waals surface area contributed by atoms with Gasteiger partial charge in [0.05, 0.1) is 6.54 Å². The maximum Gasteiger partial charge on any atom is 0.315 e. The molecule has 0 aliphatic heterocycles. The summed E-state index contributed by atoms with van der Waals surface area (Å²) < 4.78 is 5.50. The van der Waals surface area contributed by atoms with E-state index in [1.165, 1.54) is 19.3 Å². The van der Waals surface area contributed by atoms with E-state index in [4.69, 9.17) is 4.42 Å². The quantitative estimate of drug-likeness (QED) is 0.823. The summed E-state index contributed by atoms with van der Waals surface area (Å²) in [6, 6.07) is 0.544. The van der Waals surface area contributed by atoms with Crippen LogP contribution in [0.1, 0.15) is 45.9 Å². The molecule has 2 rings (SSSR count). The number of hydrogen-bond acceptors (Lipinski definition) is 5. The molecule has 0 bridgehead atoms. The first-order chi connectivity index (χ1) is 8.03. The average molecular weight is 238 g/mol. The Kier molecular flexibility index (Phi) is 3.66. The molecule has 5 nitrogen and oxygen atoms in total. The Labute approximate surface area is 102 Å². The highest BCUT2D eigenvalue weighted by atomic mass is 16.4. The smallest absolute Gasteiger partial charge is 0.315 e. The standard InChI is InChI=1S/C12H22N4O/c1-12(2,3)14-8-10-15-16-11(17-10)13-7-9-5-4-6-9/h9,14H,4-8H2,1-3H3,(H,13,16). The van der Waals surface area contributed by atoms with Gasteiger partial charge in [0, 0.05) is 12.1 Å². The highest BCUT2D eigenvalue weighted by molar-refractivity contribution is 5.17. The highest BCUT2D eigenvalue weighted by Gasteiger charge is 2.18. The molecule has 1 aliphatic rings. The summed E-state index contributed by atoms with van der Waals surface area (Å²) >= 11 is 0. The summed E-state index contributed by atoms with van der Waals surface area (Å²) in [4.78, 5) is 0. The lowest BCUT2D eigenvalue weighted by atomic mass is 9.85. The van der Waals surface area contributed by atoms with Gasteiger partial charge in [0.25, 0.3) is 0 Å². The molecule has 17 heavy (non-hydrogen) atoms. The third kappa shape index (κ3) is 4.00. The predicted molar refractivity (Wildman–Crippen MR) is 66.7 cm³/mol. The van der Waals surface area contributed by atoms with E-state index in [9.17, 15) is 0 Å². The number of aromatic nitrogens is 2. The van der Waals surface area contributed by atoms with Crippen molar-refractivity contribution in [2.24, 2.45) is 5.92 Å². The molecule has 0 unspecified atom stereocenters. The van der Waals surface area contributed by atoms with Gasteiger partial charge in [-0.25, -0.2) is 0 Å². The molecule has 0 amide bonds. The van der Waals surface area contributed by atoms with Crippen LogP contribution in [0.3, 0.4) is 0 Å². The topological polar surface area (TPSA) is 63.0 Å². The number of rotatable bonds is 5. The van der Waals surface area contributed by atoms with Crippen molar-refractivity contribution in [2.45, 2.75) is 52.1 Å². The molecule has 0 aromatic carbocycles. The van der Waals surface area contributed by atoms with E-state index in [2.05, 4.69) is 41.6 Å². The van der Waals surface area contributed by atoms with E-state index >= 15 is 0 Å². The zero-order chi connectivity index (χ0) is 12.3. The van der Waals surface area contributed by atoms with Crippen LogP contribution in [0.15, 0.2) is 4.42 Å². The van der Waals surface area contributed by atoms with Crippen molar-refractivity contribution in [2.75, 3.05) is 11.9 Å². The normalized spacial score (nSPS) is 16.9. The molecule has 0 saturated heterocycles. The van der Waals surface area contributed by atoms with Crippen molar-refractivity contribution in [3.8, 4) is 0 Å². The first-order valence-corrected chi connectivity index (χ1v) is 6.34. The summed E-state index contributed by atoms with van der Waals surface area (Å²) in [5.41, 5.74) is 0.0635. The molecule has 2 N–H and O–H groups in total. The molecule has 1 fully saturated rings. The molecule has 1 saturated carbocycles. The number of anilines is 1. The molecular weight excluding hydrogens is 216 g/mol. The van der Waals surface area contributed by atoms with Crippen LogP contribution in [0.25, 0.3) is 0 Å². The summed E-state index contributed by atoms with van der Waals surface area (Å²) in [7, 11) is 0. The third-order valence-corrected chi connectivity index (χ3v) is 3.00. The molecule has 96 valence electrons. The fraction of sp³-hybridized carbons (Fsp3) is 0.833. The van der Waals surface area contributed by atoms with Crippen molar-refractivity contribution in [1.29, 1.82) is 0 Å². The van der Waals surface area contributed by atoms with Crippen LogP contribution in [-0.2, 0) is 6.54 Å². The summed E-state index contributed by atoms with van der Waals surface area (Å²) in [6.45, 7) is 7.90. The first kappa shape index (κ1) is 12.4. The van der Waals surface area contributed by atoms with Crippen molar-refractivity contribution in [1.82, 2.24) is 15.5 Å². The maximum atomic E-state index is 5.50. The van der Waals surface area contributed by atoms with Gasteiger partial charge >= 0.3 is 6.01 Å². The van der Waals surface area contributed by atoms with E-state index in [1.807, 2.05) is 0 Å². The van der Waals surface area contributed by atoms with Crippen molar-refractivity contribution >= 4 is 6.01 Å². The minimum absolute atomic E-state index is 0.0635. The molecular formula is C12H22N4O. The molecule has 1 aromatic heterocycles. The fourth-order valence-electron chi connectivity index (χ4n) is 1.67. The number of nitrogens with zero attached hydrogens (tertiary/aromatic N) is 2. The Morgan fingerprint density at radius 3 is 2.65 bits per heavy atom. The lowest BCUT2D eigenvalue weighted by molar-refractivity contribution is 0.329. The lowest BCUT2D eigenvalue weighted by Gasteiger charge is -2.24. The maximum absolute atomic E-state index is 5.50. The van der Waals surface area contributed by atoms with Crippen LogP contribution in [0.5, 0.6) is 0 Å². The van der Waals surface area contributed by atoms with Crippen LogP contribution in [0.2, 0.25) is 0 Å². The van der Waals surface area contributed by atoms with E-state index in [1.54, 1.807) is 0 Å². The van der Waals surface area contributed by atoms with Crippen molar-refractivity contribution in [3.63, 3.8) is 0 Å². The van der Waals surface area contributed by atoms with Crippen LogP contribution >= 0.6 is 0 Å². The van der Waals surface area contributed by atoms with Crippen molar-refractivity contribution < 1.29 is 4.42 Å². The second kappa shape index (κ2) is 5.04. The molecule has 1 aromatic rings. The van der Waals surface area contributed by atoms with Gasteiger partial charge in [-0.3, -0.25) is 0 Å². The van der Waals surface area contributed by atoms with Gasteiger partial charge in [0.15, 0.2) is 0 Å². The average Bonchev–Trinajstić information content (AvgIpc) is 2.59. The molecule has 0 atom stereocenters. The predicted octanol–water partition coefficient (Wildman–Crippen LogP) is 2.17. The molecule has 5 heteroatoms. The lowest BCUT2D eigenvalue weighted by Crippen LogP contribution is -2.35. The summed E-state index contributed by atoms with van der Waals surface area (Å²) in [5, 5.41) is 14.5. The van der Waals surface area contributed by atoms with E-state index < -0.39 is 0 Å². The number of nitrogens with one attached hydrogen (secondary N) is 2. The summed E-state index contributed by atoms with van der Waals surface area (Å²) in [6.07, 6.45) is 4.00. The third-order valence-electron chi connectivity index (χ3n) is 3.00.